The van der Waals surface area contributed by atoms with Gasteiger partial charge >= 0.3 is 5.69 Å². The van der Waals surface area contributed by atoms with Crippen LogP contribution in [0.5, 0.6) is 0 Å². The zero-order valence-corrected chi connectivity index (χ0v) is 6.18. The normalized spacial score (nSPS) is 9.80. The fourth-order valence-electron chi connectivity index (χ4n) is 0.504. The van der Waals surface area contributed by atoms with Gasteiger partial charge in [-0.25, -0.2) is 0 Å². The number of H-pyrrole nitrogens is 1. The van der Waals surface area contributed by atoms with Crippen LogP contribution in [0.4, 0.5) is 10.1 Å². The van der Waals surface area contributed by atoms with Crippen molar-refractivity contribution in [3.63, 3.8) is 0 Å². The number of hydrogen-bond acceptors (Lipinski definition) is 2. The molecule has 10 heavy (non-hydrogen) atoms. The summed E-state index contributed by atoms with van der Waals surface area (Å²) in [4.78, 5) is 11.5. The van der Waals surface area contributed by atoms with Gasteiger partial charge in [-0.1, -0.05) is 0 Å². The first kappa shape index (κ1) is 7.20. The predicted octanol–water partition coefficient (Wildman–Crippen LogP) is 1.82. The summed E-state index contributed by atoms with van der Waals surface area (Å²) in [6, 6.07) is 0. The van der Waals surface area contributed by atoms with Gasteiger partial charge in [-0.2, -0.15) is 4.39 Å². The van der Waals surface area contributed by atoms with E-state index in [0.717, 1.165) is 6.20 Å². The number of aromatic amines is 1. The van der Waals surface area contributed by atoms with Crippen LogP contribution in [0.2, 0.25) is 0 Å². The molecule has 1 N–H and O–H groups in total. The maximum atomic E-state index is 12.5. The smallest absolute Gasteiger partial charge is 0.323 e. The van der Waals surface area contributed by atoms with E-state index in [1.165, 1.54) is 0 Å². The molecule has 1 aromatic rings. The van der Waals surface area contributed by atoms with Crippen molar-refractivity contribution in [2.45, 2.75) is 0 Å². The van der Waals surface area contributed by atoms with Crippen molar-refractivity contribution in [1.82, 2.24) is 4.98 Å². The van der Waals surface area contributed by atoms with Gasteiger partial charge in [-0.05, 0) is 15.9 Å². The van der Waals surface area contributed by atoms with Gasteiger partial charge in [-0.15, -0.1) is 0 Å². The second-order valence-electron chi connectivity index (χ2n) is 1.56. The molecule has 0 aliphatic rings. The molecule has 0 aromatic carbocycles. The zero-order valence-electron chi connectivity index (χ0n) is 4.60. The second-order valence-corrected chi connectivity index (χ2v) is 2.35. The van der Waals surface area contributed by atoms with Gasteiger partial charge in [0, 0.05) is 0 Å². The molecule has 0 saturated carbocycles. The van der Waals surface area contributed by atoms with E-state index in [1.54, 1.807) is 0 Å². The quantitative estimate of drug-likeness (QED) is 0.566. The van der Waals surface area contributed by atoms with Crippen LogP contribution in [0.3, 0.4) is 0 Å². The molecule has 1 heterocycles. The van der Waals surface area contributed by atoms with Crippen molar-refractivity contribution < 1.29 is 9.31 Å². The monoisotopic (exact) mass is 208 g/mol. The summed E-state index contributed by atoms with van der Waals surface area (Å²) in [5.74, 6) is -0.870. The number of aromatic nitrogens is 1. The predicted molar refractivity (Wildman–Crippen MR) is 35.1 cm³/mol. The molecule has 0 atom stereocenters. The number of hydrogen-bond donors (Lipinski definition) is 1. The molecule has 0 spiro atoms. The van der Waals surface area contributed by atoms with Crippen LogP contribution in [0.15, 0.2) is 10.8 Å². The van der Waals surface area contributed by atoms with Crippen molar-refractivity contribution >= 4 is 21.6 Å². The minimum Gasteiger partial charge on any atom is -0.347 e. The SMILES string of the molecule is O=[N+]([O-])c1c[nH]c(Br)c1F. The van der Waals surface area contributed by atoms with Crippen molar-refractivity contribution in [3.8, 4) is 0 Å². The lowest BCUT2D eigenvalue weighted by molar-refractivity contribution is -0.387. The molecule has 1 rings (SSSR count). The van der Waals surface area contributed by atoms with E-state index in [9.17, 15) is 14.5 Å². The Bertz CT molecular complexity index is 272. The minimum atomic E-state index is -0.870. The average molecular weight is 209 g/mol. The maximum absolute atomic E-state index is 12.5. The lowest BCUT2D eigenvalue weighted by Gasteiger charge is -1.82. The fraction of sp³-hybridized carbons (Fsp3) is 0. The molecule has 0 unspecified atom stereocenters. The Morgan fingerprint density at radius 2 is 2.40 bits per heavy atom. The van der Waals surface area contributed by atoms with Crippen molar-refractivity contribution in [1.29, 1.82) is 0 Å². The van der Waals surface area contributed by atoms with Gasteiger partial charge in [0.05, 0.1) is 11.1 Å². The molecule has 0 fully saturated rings. The van der Waals surface area contributed by atoms with E-state index >= 15 is 0 Å². The van der Waals surface area contributed by atoms with E-state index in [4.69, 9.17) is 0 Å². The molecule has 0 saturated heterocycles. The molecule has 6 heteroatoms. The third kappa shape index (κ3) is 1.02. The minimum absolute atomic E-state index is 0.000741. The standard InChI is InChI=1S/C4H2BrFN2O2/c5-4-3(6)2(1-7-4)8(9)10/h1,7H. The lowest BCUT2D eigenvalue weighted by atomic mass is 10.5. The largest absolute Gasteiger partial charge is 0.347 e. The average Bonchev–Trinajstić information content (AvgIpc) is 2.14. The van der Waals surface area contributed by atoms with E-state index in [-0.39, 0.29) is 4.60 Å². The molecule has 1 aromatic heterocycles. The summed E-state index contributed by atoms with van der Waals surface area (Å²) in [6.07, 6.45) is 0.986. The summed E-state index contributed by atoms with van der Waals surface area (Å²) >= 11 is 2.75. The molecule has 0 radical (unpaired) electrons. The van der Waals surface area contributed by atoms with Gasteiger partial charge in [-0.3, -0.25) is 10.1 Å². The first-order valence-corrected chi connectivity index (χ1v) is 3.09. The molecule has 4 nitrogen and oxygen atoms in total. The summed E-state index contributed by atoms with van der Waals surface area (Å²) in [7, 11) is 0. The van der Waals surface area contributed by atoms with Crippen molar-refractivity contribution in [3.05, 3.63) is 26.7 Å². The van der Waals surface area contributed by atoms with Crippen LogP contribution < -0.4 is 0 Å². The Labute approximate surface area is 63.3 Å². The molecule has 0 bridgehead atoms. The Morgan fingerprint density at radius 1 is 1.80 bits per heavy atom. The number of halogens is 2. The van der Waals surface area contributed by atoms with Crippen LogP contribution in [0.1, 0.15) is 0 Å². The number of nitro groups is 1. The van der Waals surface area contributed by atoms with Gasteiger partial charge in [0.25, 0.3) is 0 Å². The fourth-order valence-corrected chi connectivity index (χ4v) is 0.821. The summed E-state index contributed by atoms with van der Waals surface area (Å²) in [6.45, 7) is 0. The van der Waals surface area contributed by atoms with E-state index in [2.05, 4.69) is 20.9 Å². The summed E-state index contributed by atoms with van der Waals surface area (Å²) < 4.78 is 12.5. The Kier molecular flexibility index (Phi) is 1.71. The first-order valence-electron chi connectivity index (χ1n) is 2.29. The zero-order chi connectivity index (χ0) is 7.72. The summed E-state index contributed by atoms with van der Waals surface area (Å²) in [5.41, 5.74) is -0.549. The molecule has 0 aliphatic heterocycles. The number of nitrogens with zero attached hydrogens (tertiary/aromatic N) is 1. The van der Waals surface area contributed by atoms with Gasteiger partial charge in [0.2, 0.25) is 5.82 Å². The summed E-state index contributed by atoms with van der Waals surface area (Å²) in [5, 5.41) is 9.96. The first-order chi connectivity index (χ1) is 4.63. The van der Waals surface area contributed by atoms with Crippen LogP contribution in [0, 0.1) is 15.9 Å². The molecule has 0 amide bonds. The van der Waals surface area contributed by atoms with E-state index < -0.39 is 16.4 Å². The molecular weight excluding hydrogens is 207 g/mol. The van der Waals surface area contributed by atoms with E-state index in [1.807, 2.05) is 0 Å². The van der Waals surface area contributed by atoms with Gasteiger partial charge in [0.1, 0.15) is 4.60 Å². The highest BCUT2D eigenvalue weighted by molar-refractivity contribution is 9.10. The highest BCUT2D eigenvalue weighted by Gasteiger charge is 2.18. The van der Waals surface area contributed by atoms with Crippen LogP contribution in [0.25, 0.3) is 0 Å². The Morgan fingerprint density at radius 3 is 2.60 bits per heavy atom. The Hall–Kier alpha value is -0.910. The molecule has 0 aliphatic carbocycles. The molecular formula is C4H2BrFN2O2. The van der Waals surface area contributed by atoms with Crippen molar-refractivity contribution in [2.24, 2.45) is 0 Å². The Balaban J connectivity index is 3.17. The third-order valence-corrected chi connectivity index (χ3v) is 1.53. The highest BCUT2D eigenvalue weighted by Crippen LogP contribution is 2.23. The van der Waals surface area contributed by atoms with Gasteiger partial charge in [0.15, 0.2) is 0 Å². The second kappa shape index (κ2) is 2.37. The van der Waals surface area contributed by atoms with Crippen LogP contribution in [-0.2, 0) is 0 Å². The maximum Gasteiger partial charge on any atom is 0.323 e. The highest BCUT2D eigenvalue weighted by atomic mass is 79.9. The topological polar surface area (TPSA) is 58.9 Å². The van der Waals surface area contributed by atoms with Gasteiger partial charge < -0.3 is 4.98 Å². The van der Waals surface area contributed by atoms with Crippen LogP contribution >= 0.6 is 15.9 Å². The number of rotatable bonds is 1. The van der Waals surface area contributed by atoms with Crippen LogP contribution in [-0.4, -0.2) is 9.91 Å². The molecule has 54 valence electrons. The third-order valence-electron chi connectivity index (χ3n) is 0.950. The van der Waals surface area contributed by atoms with E-state index in [0.29, 0.717) is 0 Å². The number of nitrogens with one attached hydrogen (secondary N) is 1. The van der Waals surface area contributed by atoms with Crippen molar-refractivity contribution in [2.75, 3.05) is 0 Å². The lowest BCUT2D eigenvalue weighted by Crippen LogP contribution is -1.87.